The molecule has 1 unspecified atom stereocenters. The number of carbonyl (C=O) groups is 2. The Morgan fingerprint density at radius 1 is 1.19 bits per heavy atom. The summed E-state index contributed by atoms with van der Waals surface area (Å²) >= 11 is 0. The van der Waals surface area contributed by atoms with Crippen molar-refractivity contribution < 1.29 is 27.5 Å². The third-order valence-electron chi connectivity index (χ3n) is 4.83. The van der Waals surface area contributed by atoms with Crippen molar-refractivity contribution in [1.82, 2.24) is 9.62 Å². The van der Waals surface area contributed by atoms with Crippen molar-refractivity contribution in [2.45, 2.75) is 30.9 Å². The second-order valence-electron chi connectivity index (χ2n) is 7.86. The van der Waals surface area contributed by atoms with Gasteiger partial charge in [-0.1, -0.05) is 12.1 Å². The monoisotopic (exact) mass is 461 g/mol. The van der Waals surface area contributed by atoms with Crippen LogP contribution in [0, 0.1) is 0 Å². The van der Waals surface area contributed by atoms with E-state index in [0.717, 1.165) is 0 Å². The minimum absolute atomic E-state index is 0.00871. The van der Waals surface area contributed by atoms with Crippen molar-refractivity contribution in [3.63, 3.8) is 0 Å². The lowest BCUT2D eigenvalue weighted by atomic mass is 10.1. The zero-order valence-electron chi connectivity index (χ0n) is 18.7. The molecule has 0 saturated heterocycles. The Bertz CT molecular complexity index is 1130. The summed E-state index contributed by atoms with van der Waals surface area (Å²) in [6.07, 6.45) is -0.882. The number of methoxy groups -OCH3 is 1. The number of anilines is 1. The maximum absolute atomic E-state index is 13.5. The number of hydrogen-bond donors (Lipinski definition) is 1. The first-order chi connectivity index (χ1) is 15.0. The second kappa shape index (κ2) is 9.17. The Kier molecular flexibility index (Phi) is 6.75. The summed E-state index contributed by atoms with van der Waals surface area (Å²) in [4.78, 5) is 28.7. The van der Waals surface area contributed by atoms with Gasteiger partial charge in [0.1, 0.15) is 16.4 Å². The number of nitrogens with one attached hydrogen (secondary N) is 1. The summed E-state index contributed by atoms with van der Waals surface area (Å²) in [5, 5.41) is 0. The molecular formula is C22H27N3O6S. The van der Waals surface area contributed by atoms with Crippen molar-refractivity contribution in [2.75, 3.05) is 32.6 Å². The number of fused-ring (bicyclic) bond motifs is 1. The van der Waals surface area contributed by atoms with Crippen molar-refractivity contribution in [2.24, 2.45) is 0 Å². The molecule has 0 bridgehead atoms. The van der Waals surface area contributed by atoms with Crippen LogP contribution in [0.2, 0.25) is 0 Å². The molecule has 0 spiro atoms. The van der Waals surface area contributed by atoms with E-state index in [9.17, 15) is 18.0 Å². The quantitative estimate of drug-likeness (QED) is 0.704. The lowest BCUT2D eigenvalue weighted by Gasteiger charge is -2.35. The lowest BCUT2D eigenvalue weighted by Crippen LogP contribution is -2.50. The third-order valence-corrected chi connectivity index (χ3v) is 6.51. The van der Waals surface area contributed by atoms with Crippen LogP contribution in [0.5, 0.6) is 11.5 Å². The molecular weight excluding hydrogens is 434 g/mol. The van der Waals surface area contributed by atoms with Gasteiger partial charge >= 0.3 is 0 Å². The Labute approximate surface area is 188 Å². The molecule has 2 aromatic carbocycles. The Balaban J connectivity index is 2.04. The fourth-order valence-electron chi connectivity index (χ4n) is 3.39. The highest BCUT2D eigenvalue weighted by Crippen LogP contribution is 2.35. The Morgan fingerprint density at radius 3 is 2.50 bits per heavy atom. The number of amides is 2. The van der Waals surface area contributed by atoms with Gasteiger partial charge in [0.05, 0.1) is 19.3 Å². The molecule has 1 aliphatic rings. The third kappa shape index (κ3) is 4.71. The van der Waals surface area contributed by atoms with Crippen LogP contribution in [0.1, 0.15) is 24.2 Å². The predicted octanol–water partition coefficient (Wildman–Crippen LogP) is 1.88. The summed E-state index contributed by atoms with van der Waals surface area (Å²) in [6.45, 7) is 3.39. The average molecular weight is 462 g/mol. The van der Waals surface area contributed by atoms with Crippen molar-refractivity contribution in [3.8, 4) is 11.5 Å². The molecule has 2 aromatic rings. The number of nitrogens with zero attached hydrogens (tertiary/aromatic N) is 2. The van der Waals surface area contributed by atoms with Crippen LogP contribution in [0.15, 0.2) is 47.4 Å². The largest absolute Gasteiger partial charge is 0.495 e. The zero-order valence-corrected chi connectivity index (χ0v) is 19.5. The number of likely N-dealkylation sites (N-methyl/N-ethyl adjacent to an activating group) is 1. The van der Waals surface area contributed by atoms with Gasteiger partial charge in [0.15, 0.2) is 6.10 Å². The maximum atomic E-state index is 13.5. The maximum Gasteiger partial charge on any atom is 0.265 e. The number of hydrogen-bond acceptors (Lipinski definition) is 6. The molecule has 0 aliphatic carbocycles. The van der Waals surface area contributed by atoms with Crippen LogP contribution in [0.4, 0.5) is 5.69 Å². The topological polar surface area (TPSA) is 105 Å². The molecule has 2 amide bonds. The van der Waals surface area contributed by atoms with Gasteiger partial charge in [-0.25, -0.2) is 13.1 Å². The fourth-order valence-corrected chi connectivity index (χ4v) is 4.84. The van der Waals surface area contributed by atoms with E-state index < -0.39 is 22.0 Å². The van der Waals surface area contributed by atoms with Gasteiger partial charge in [-0.3, -0.25) is 9.59 Å². The molecule has 1 N–H and O–H groups in total. The summed E-state index contributed by atoms with van der Waals surface area (Å²) in [5.74, 6) is -0.217. The number of rotatable bonds is 6. The van der Waals surface area contributed by atoms with E-state index in [0.29, 0.717) is 11.4 Å². The number of carbonyl (C=O) groups excluding carboxylic acids is 2. The highest BCUT2D eigenvalue weighted by atomic mass is 32.2. The summed E-state index contributed by atoms with van der Waals surface area (Å²) in [6, 6.07) is 10.8. The van der Waals surface area contributed by atoms with E-state index in [2.05, 4.69) is 4.72 Å². The van der Waals surface area contributed by atoms with E-state index in [4.69, 9.17) is 9.47 Å². The van der Waals surface area contributed by atoms with Crippen LogP contribution in [0.25, 0.3) is 0 Å². The average Bonchev–Trinajstić information content (AvgIpc) is 2.75. The van der Waals surface area contributed by atoms with Crippen molar-refractivity contribution in [3.05, 3.63) is 48.0 Å². The van der Waals surface area contributed by atoms with Crippen molar-refractivity contribution >= 4 is 27.5 Å². The van der Waals surface area contributed by atoms with Gasteiger partial charge < -0.3 is 19.3 Å². The molecule has 9 nitrogen and oxygen atoms in total. The first-order valence-corrected chi connectivity index (χ1v) is 11.5. The van der Waals surface area contributed by atoms with Crippen molar-refractivity contribution in [1.29, 1.82) is 0 Å². The minimum Gasteiger partial charge on any atom is -0.495 e. The van der Waals surface area contributed by atoms with Gasteiger partial charge in [0.25, 0.3) is 11.8 Å². The first kappa shape index (κ1) is 23.6. The van der Waals surface area contributed by atoms with Crippen LogP contribution < -0.4 is 19.1 Å². The summed E-state index contributed by atoms with van der Waals surface area (Å²) in [7, 11) is 0.669. The number of benzene rings is 2. The van der Waals surface area contributed by atoms with E-state index in [1.54, 1.807) is 52.2 Å². The molecule has 0 fully saturated rings. The molecule has 0 radical (unpaired) electrons. The molecule has 1 heterocycles. The fraction of sp³-hybridized carbons (Fsp3) is 0.364. The highest BCUT2D eigenvalue weighted by Gasteiger charge is 2.35. The number of sulfonamides is 1. The molecule has 0 aromatic heterocycles. The van der Waals surface area contributed by atoms with Crippen LogP contribution >= 0.6 is 0 Å². The molecule has 172 valence electrons. The van der Waals surface area contributed by atoms with Gasteiger partial charge in [0.2, 0.25) is 10.0 Å². The molecule has 0 saturated carbocycles. The van der Waals surface area contributed by atoms with Crippen LogP contribution in [-0.2, 0) is 14.8 Å². The molecule has 10 heteroatoms. The van der Waals surface area contributed by atoms with Gasteiger partial charge in [-0.15, -0.1) is 0 Å². The van der Waals surface area contributed by atoms with Gasteiger partial charge in [0, 0.05) is 25.7 Å². The first-order valence-electron chi connectivity index (χ1n) is 10.0. The molecule has 1 atom stereocenters. The van der Waals surface area contributed by atoms with E-state index in [1.807, 2.05) is 0 Å². The van der Waals surface area contributed by atoms with Gasteiger partial charge in [-0.05, 0) is 44.2 Å². The SMILES string of the molecule is COc1ccc(C(=O)N2CC(C(=O)N(C)C)Oc3ccccc32)cc1S(=O)(=O)NC(C)C. The number of para-hydroxylation sites is 2. The summed E-state index contributed by atoms with van der Waals surface area (Å²) < 4.78 is 39.1. The van der Waals surface area contributed by atoms with E-state index in [1.165, 1.54) is 35.1 Å². The molecule has 1 aliphatic heterocycles. The summed E-state index contributed by atoms with van der Waals surface area (Å²) in [5.41, 5.74) is 0.642. The molecule has 3 rings (SSSR count). The van der Waals surface area contributed by atoms with E-state index >= 15 is 0 Å². The highest BCUT2D eigenvalue weighted by molar-refractivity contribution is 7.89. The normalized spacial score (nSPS) is 15.7. The van der Waals surface area contributed by atoms with Gasteiger partial charge in [-0.2, -0.15) is 0 Å². The zero-order chi connectivity index (χ0) is 23.6. The second-order valence-corrected chi connectivity index (χ2v) is 9.55. The minimum atomic E-state index is -3.92. The Morgan fingerprint density at radius 2 is 1.88 bits per heavy atom. The van der Waals surface area contributed by atoms with Crippen LogP contribution in [0.3, 0.4) is 0 Å². The standard InChI is InChI=1S/C22H27N3O6S/c1-14(2)23-32(28,29)20-12-15(10-11-18(20)30-5)21(26)25-13-19(22(27)24(3)4)31-17-9-7-6-8-16(17)25/h6-12,14,19,23H,13H2,1-5H3. The van der Waals surface area contributed by atoms with E-state index in [-0.39, 0.29) is 34.7 Å². The molecule has 32 heavy (non-hydrogen) atoms. The lowest BCUT2D eigenvalue weighted by molar-refractivity contribution is -0.135. The number of ether oxygens (including phenoxy) is 2. The predicted molar refractivity (Wildman–Crippen MR) is 120 cm³/mol. The Hall–Kier alpha value is -3.11. The van der Waals surface area contributed by atoms with Crippen LogP contribution in [-0.4, -0.2) is 65.0 Å². The smallest absolute Gasteiger partial charge is 0.265 e.